The summed E-state index contributed by atoms with van der Waals surface area (Å²) in [6, 6.07) is 4.33. The Morgan fingerprint density at radius 1 is 1.29 bits per heavy atom. The molecule has 1 N–H and O–H groups in total. The van der Waals surface area contributed by atoms with Gasteiger partial charge in [-0.05, 0) is 33.6 Å². The Bertz CT molecular complexity index is 628. The fraction of sp³-hybridized carbons (Fsp3) is 0.722. The van der Waals surface area contributed by atoms with E-state index in [1.807, 2.05) is 0 Å². The van der Waals surface area contributed by atoms with Gasteiger partial charge in [0.1, 0.15) is 5.82 Å². The van der Waals surface area contributed by atoms with Crippen molar-refractivity contribution in [2.75, 3.05) is 43.2 Å². The number of aromatic nitrogens is 1. The predicted molar refractivity (Wildman–Crippen MR) is 96.1 cm³/mol. The van der Waals surface area contributed by atoms with Crippen molar-refractivity contribution < 1.29 is 9.47 Å². The zero-order valence-corrected chi connectivity index (χ0v) is 15.2. The van der Waals surface area contributed by atoms with Crippen LogP contribution in [0.25, 0.3) is 0 Å². The van der Waals surface area contributed by atoms with Crippen LogP contribution in [0.4, 0.5) is 11.5 Å². The highest BCUT2D eigenvalue weighted by atomic mass is 16.5. The zero-order valence-electron chi connectivity index (χ0n) is 15.2. The second-order valence-electron chi connectivity index (χ2n) is 7.36. The number of nitrogens with zero attached hydrogens (tertiary/aromatic N) is 2. The van der Waals surface area contributed by atoms with Crippen LogP contribution in [0.2, 0.25) is 0 Å². The number of methoxy groups -OCH3 is 1. The number of hydrogen-bond donors (Lipinski definition) is 1. The lowest BCUT2D eigenvalue weighted by molar-refractivity contribution is 0.00178. The maximum atomic E-state index is 12.3. The molecule has 0 amide bonds. The molecule has 1 aromatic rings. The number of nitrogens with one attached hydrogen (secondary N) is 1. The smallest absolute Gasteiger partial charge is 0.251 e. The molecule has 2 aliphatic heterocycles. The topological polar surface area (TPSA) is 57.8 Å². The summed E-state index contributed by atoms with van der Waals surface area (Å²) in [4.78, 5) is 19.8. The van der Waals surface area contributed by atoms with Gasteiger partial charge < -0.3 is 24.3 Å². The van der Waals surface area contributed by atoms with Crippen molar-refractivity contribution in [1.29, 1.82) is 0 Å². The molecule has 0 aliphatic carbocycles. The second kappa shape index (κ2) is 6.76. The Kier molecular flexibility index (Phi) is 4.88. The van der Waals surface area contributed by atoms with Gasteiger partial charge in [0.2, 0.25) is 0 Å². The summed E-state index contributed by atoms with van der Waals surface area (Å²) in [5.41, 5.74) is 0.669. The van der Waals surface area contributed by atoms with Gasteiger partial charge >= 0.3 is 0 Å². The number of pyridine rings is 1. The van der Waals surface area contributed by atoms with Crippen LogP contribution < -0.4 is 15.4 Å². The van der Waals surface area contributed by atoms with Gasteiger partial charge in [-0.1, -0.05) is 0 Å². The van der Waals surface area contributed by atoms with E-state index < -0.39 is 0 Å². The van der Waals surface area contributed by atoms with Gasteiger partial charge in [0, 0.05) is 44.1 Å². The van der Waals surface area contributed by atoms with Crippen LogP contribution >= 0.6 is 0 Å². The number of hydrogen-bond acceptors (Lipinski definition) is 5. The highest BCUT2D eigenvalue weighted by Crippen LogP contribution is 2.33. The zero-order chi connectivity index (χ0) is 17.3. The van der Waals surface area contributed by atoms with Crippen LogP contribution in [0.5, 0.6) is 0 Å². The quantitative estimate of drug-likeness (QED) is 0.912. The van der Waals surface area contributed by atoms with Crippen molar-refractivity contribution in [3.8, 4) is 0 Å². The molecule has 2 aliphatic rings. The minimum atomic E-state index is -0.254. The van der Waals surface area contributed by atoms with E-state index in [9.17, 15) is 4.79 Å². The van der Waals surface area contributed by atoms with Crippen LogP contribution in [0.3, 0.4) is 0 Å². The average Bonchev–Trinajstić information content (AvgIpc) is 3.05. The van der Waals surface area contributed by atoms with E-state index in [2.05, 4.69) is 41.6 Å². The second-order valence-corrected chi connectivity index (χ2v) is 7.36. The van der Waals surface area contributed by atoms with E-state index in [0.29, 0.717) is 13.2 Å². The molecular weight excluding hydrogens is 306 g/mol. The van der Waals surface area contributed by atoms with E-state index in [4.69, 9.17) is 9.47 Å². The van der Waals surface area contributed by atoms with Gasteiger partial charge in [-0.2, -0.15) is 0 Å². The van der Waals surface area contributed by atoms with Crippen LogP contribution in [0.15, 0.2) is 16.9 Å². The maximum absolute atomic E-state index is 12.3. The summed E-state index contributed by atoms with van der Waals surface area (Å²) in [5.74, 6) is 0.892. The van der Waals surface area contributed by atoms with E-state index in [1.54, 1.807) is 13.2 Å². The lowest BCUT2D eigenvalue weighted by Crippen LogP contribution is -2.48. The van der Waals surface area contributed by atoms with Gasteiger partial charge in [0.05, 0.1) is 24.9 Å². The van der Waals surface area contributed by atoms with E-state index in [-0.39, 0.29) is 23.2 Å². The minimum Gasteiger partial charge on any atom is -0.377 e. The van der Waals surface area contributed by atoms with Gasteiger partial charge in [-0.25, -0.2) is 0 Å². The SMILES string of the molecule is COC(C)(C)C1CCCN1c1cc(N2CCOCC2C)cc(=O)[nH]1. The first-order valence-electron chi connectivity index (χ1n) is 8.83. The summed E-state index contributed by atoms with van der Waals surface area (Å²) in [7, 11) is 1.76. The summed E-state index contributed by atoms with van der Waals surface area (Å²) in [6.45, 7) is 9.52. The normalized spacial score (nSPS) is 25.3. The molecule has 24 heavy (non-hydrogen) atoms. The van der Waals surface area contributed by atoms with E-state index >= 15 is 0 Å². The molecule has 2 unspecified atom stereocenters. The first-order valence-corrected chi connectivity index (χ1v) is 8.83. The largest absolute Gasteiger partial charge is 0.377 e. The average molecular weight is 335 g/mol. The standard InChI is InChI=1S/C18H29N3O3/c1-13-12-24-9-8-20(13)14-10-16(19-17(22)11-14)21-7-5-6-15(21)18(2,3)23-4/h10-11,13,15H,5-9,12H2,1-4H3,(H,19,22). The molecule has 6 nitrogen and oxygen atoms in total. The fourth-order valence-electron chi connectivity index (χ4n) is 3.86. The molecule has 0 spiro atoms. The maximum Gasteiger partial charge on any atom is 0.251 e. The number of anilines is 2. The molecule has 2 atom stereocenters. The molecule has 0 radical (unpaired) electrons. The van der Waals surface area contributed by atoms with E-state index in [0.717, 1.165) is 37.4 Å². The molecule has 1 aromatic heterocycles. The number of aromatic amines is 1. The molecule has 2 saturated heterocycles. The van der Waals surface area contributed by atoms with Crippen molar-refractivity contribution >= 4 is 11.5 Å². The lowest BCUT2D eigenvalue weighted by Gasteiger charge is -2.39. The van der Waals surface area contributed by atoms with Crippen LogP contribution in [-0.2, 0) is 9.47 Å². The molecule has 3 heterocycles. The van der Waals surface area contributed by atoms with Crippen LogP contribution in [0.1, 0.15) is 33.6 Å². The Balaban J connectivity index is 1.92. The van der Waals surface area contributed by atoms with Crippen molar-refractivity contribution in [3.05, 3.63) is 22.5 Å². The molecule has 0 aromatic carbocycles. The van der Waals surface area contributed by atoms with Crippen molar-refractivity contribution in [1.82, 2.24) is 4.98 Å². The summed E-state index contributed by atoms with van der Waals surface area (Å²) >= 11 is 0. The van der Waals surface area contributed by atoms with Gasteiger partial charge in [0.15, 0.2) is 0 Å². The molecule has 6 heteroatoms. The van der Waals surface area contributed by atoms with Gasteiger partial charge in [-0.15, -0.1) is 0 Å². The highest BCUT2D eigenvalue weighted by Gasteiger charge is 2.38. The summed E-state index contributed by atoms with van der Waals surface area (Å²) < 4.78 is 11.2. The third kappa shape index (κ3) is 3.30. The minimum absolute atomic E-state index is 0.0536. The number of morpholine rings is 1. The van der Waals surface area contributed by atoms with E-state index in [1.165, 1.54) is 0 Å². The molecular formula is C18H29N3O3. The van der Waals surface area contributed by atoms with Crippen LogP contribution in [0, 0.1) is 0 Å². The van der Waals surface area contributed by atoms with Gasteiger partial charge in [0.25, 0.3) is 5.56 Å². The number of H-pyrrole nitrogens is 1. The Hall–Kier alpha value is -1.53. The van der Waals surface area contributed by atoms with Crippen molar-refractivity contribution in [3.63, 3.8) is 0 Å². The Morgan fingerprint density at radius 3 is 2.79 bits per heavy atom. The summed E-state index contributed by atoms with van der Waals surface area (Å²) in [6.07, 6.45) is 2.18. The van der Waals surface area contributed by atoms with Crippen molar-refractivity contribution in [2.45, 2.75) is 51.3 Å². The first kappa shape index (κ1) is 17.3. The summed E-state index contributed by atoms with van der Waals surface area (Å²) in [5, 5.41) is 0. The van der Waals surface area contributed by atoms with Crippen LogP contribution in [-0.4, -0.2) is 56.1 Å². The first-order chi connectivity index (χ1) is 11.4. The Morgan fingerprint density at radius 2 is 2.08 bits per heavy atom. The Labute approximate surface area is 143 Å². The third-order valence-corrected chi connectivity index (χ3v) is 5.40. The predicted octanol–water partition coefficient (Wildman–Crippen LogP) is 1.99. The number of ether oxygens (including phenoxy) is 2. The van der Waals surface area contributed by atoms with Gasteiger partial charge in [-0.3, -0.25) is 4.79 Å². The fourth-order valence-corrected chi connectivity index (χ4v) is 3.86. The molecule has 0 saturated carbocycles. The lowest BCUT2D eigenvalue weighted by atomic mass is 9.96. The van der Waals surface area contributed by atoms with Crippen molar-refractivity contribution in [2.24, 2.45) is 0 Å². The molecule has 0 bridgehead atoms. The molecule has 3 rings (SSSR count). The highest BCUT2D eigenvalue weighted by molar-refractivity contribution is 5.57. The number of rotatable bonds is 4. The molecule has 2 fully saturated rings. The third-order valence-electron chi connectivity index (χ3n) is 5.40. The molecule has 134 valence electrons. The monoisotopic (exact) mass is 335 g/mol.